The van der Waals surface area contributed by atoms with Gasteiger partial charge in [-0.2, -0.15) is 0 Å². The van der Waals surface area contributed by atoms with Crippen LogP contribution in [0.3, 0.4) is 0 Å². The molecule has 0 saturated heterocycles. The molecule has 0 aliphatic rings. The Kier molecular flexibility index (Phi) is 4.80. The van der Waals surface area contributed by atoms with Gasteiger partial charge in [0.2, 0.25) is 0 Å². The summed E-state index contributed by atoms with van der Waals surface area (Å²) in [7, 11) is 4.12. The Morgan fingerprint density at radius 2 is 2.05 bits per heavy atom. The maximum atomic E-state index is 6.03. The van der Waals surface area contributed by atoms with E-state index in [1.807, 2.05) is 19.2 Å². The van der Waals surface area contributed by atoms with Crippen LogP contribution in [0.5, 0.6) is 0 Å². The SMILES string of the molecule is C=C(C)c1cnc(NCC(C)N(C)C)c2cnc(Cl)cc12. The number of nitrogens with zero attached hydrogens (tertiary/aromatic N) is 3. The van der Waals surface area contributed by atoms with Crippen LogP contribution in [-0.4, -0.2) is 41.5 Å². The summed E-state index contributed by atoms with van der Waals surface area (Å²) in [5.41, 5.74) is 1.96. The highest BCUT2D eigenvalue weighted by Crippen LogP contribution is 2.29. The van der Waals surface area contributed by atoms with Crippen molar-refractivity contribution >= 4 is 33.8 Å². The molecule has 1 atom stereocenters. The highest BCUT2D eigenvalue weighted by atomic mass is 35.5. The van der Waals surface area contributed by atoms with Crippen molar-refractivity contribution in [1.29, 1.82) is 0 Å². The molecule has 0 fully saturated rings. The van der Waals surface area contributed by atoms with Crippen LogP contribution in [0.15, 0.2) is 25.0 Å². The average molecular weight is 305 g/mol. The van der Waals surface area contributed by atoms with Crippen molar-refractivity contribution in [1.82, 2.24) is 14.9 Å². The molecule has 0 amide bonds. The number of allylic oxidation sites excluding steroid dienone is 1. The standard InChI is InChI=1S/C16H21ClN4/c1-10(2)13-8-20-16(19-7-11(3)21(4)5)14-9-18-15(17)6-12(13)14/h6,8-9,11H,1,7H2,2-5H3,(H,19,20). The zero-order chi connectivity index (χ0) is 15.6. The van der Waals surface area contributed by atoms with E-state index in [-0.39, 0.29) is 0 Å². The Labute approximate surface area is 130 Å². The van der Waals surface area contributed by atoms with E-state index < -0.39 is 0 Å². The predicted octanol–water partition coefficient (Wildman–Crippen LogP) is 3.68. The van der Waals surface area contributed by atoms with Gasteiger partial charge in [-0.05, 0) is 45.0 Å². The molecule has 0 aliphatic heterocycles. The fourth-order valence-corrected chi connectivity index (χ4v) is 2.18. The summed E-state index contributed by atoms with van der Waals surface area (Å²) >= 11 is 6.03. The second-order valence-corrected chi connectivity index (χ2v) is 5.93. The number of pyridine rings is 2. The van der Waals surface area contributed by atoms with Crippen molar-refractivity contribution in [3.8, 4) is 0 Å². The van der Waals surface area contributed by atoms with Crippen LogP contribution in [0.1, 0.15) is 19.4 Å². The van der Waals surface area contributed by atoms with Gasteiger partial charge in [0.1, 0.15) is 11.0 Å². The Morgan fingerprint density at radius 3 is 2.67 bits per heavy atom. The van der Waals surface area contributed by atoms with E-state index in [0.717, 1.165) is 34.3 Å². The highest BCUT2D eigenvalue weighted by molar-refractivity contribution is 6.30. The third kappa shape index (κ3) is 3.52. The molecular weight excluding hydrogens is 284 g/mol. The number of nitrogens with one attached hydrogen (secondary N) is 1. The van der Waals surface area contributed by atoms with E-state index >= 15 is 0 Å². The van der Waals surface area contributed by atoms with Gasteiger partial charge in [-0.25, -0.2) is 9.97 Å². The van der Waals surface area contributed by atoms with Gasteiger partial charge in [0, 0.05) is 35.9 Å². The van der Waals surface area contributed by atoms with E-state index in [9.17, 15) is 0 Å². The van der Waals surface area contributed by atoms with Crippen LogP contribution in [-0.2, 0) is 0 Å². The van der Waals surface area contributed by atoms with Crippen molar-refractivity contribution in [2.45, 2.75) is 19.9 Å². The van der Waals surface area contributed by atoms with Crippen molar-refractivity contribution in [3.05, 3.63) is 35.8 Å². The van der Waals surface area contributed by atoms with Crippen LogP contribution < -0.4 is 5.32 Å². The van der Waals surface area contributed by atoms with Gasteiger partial charge < -0.3 is 10.2 Å². The lowest BCUT2D eigenvalue weighted by atomic mass is 10.0. The molecule has 2 aromatic heterocycles. The third-order valence-electron chi connectivity index (χ3n) is 3.64. The first-order valence-corrected chi connectivity index (χ1v) is 7.28. The van der Waals surface area contributed by atoms with Gasteiger partial charge in [0.15, 0.2) is 0 Å². The Bertz CT molecular complexity index is 667. The van der Waals surface area contributed by atoms with Crippen LogP contribution in [0, 0.1) is 0 Å². The van der Waals surface area contributed by atoms with Gasteiger partial charge >= 0.3 is 0 Å². The van der Waals surface area contributed by atoms with Crippen molar-refractivity contribution < 1.29 is 0 Å². The molecule has 1 unspecified atom stereocenters. The molecule has 0 aromatic carbocycles. The summed E-state index contributed by atoms with van der Waals surface area (Å²) in [5, 5.41) is 5.85. The van der Waals surface area contributed by atoms with Gasteiger partial charge in [-0.1, -0.05) is 18.2 Å². The van der Waals surface area contributed by atoms with Crippen molar-refractivity contribution in [2.24, 2.45) is 0 Å². The molecule has 0 saturated carbocycles. The minimum absolute atomic E-state index is 0.405. The second kappa shape index (κ2) is 6.41. The van der Waals surface area contributed by atoms with Gasteiger partial charge in [0.25, 0.3) is 0 Å². The van der Waals surface area contributed by atoms with Crippen LogP contribution in [0.4, 0.5) is 5.82 Å². The molecule has 5 heteroatoms. The van der Waals surface area contributed by atoms with Crippen molar-refractivity contribution in [3.63, 3.8) is 0 Å². The molecule has 0 aliphatic carbocycles. The van der Waals surface area contributed by atoms with Crippen LogP contribution in [0.2, 0.25) is 5.15 Å². The smallest absolute Gasteiger partial charge is 0.135 e. The third-order valence-corrected chi connectivity index (χ3v) is 3.85. The normalized spacial score (nSPS) is 12.7. The minimum atomic E-state index is 0.405. The van der Waals surface area contributed by atoms with Crippen molar-refractivity contribution in [2.75, 3.05) is 26.0 Å². The number of likely N-dealkylation sites (N-methyl/N-ethyl adjacent to an activating group) is 1. The summed E-state index contributed by atoms with van der Waals surface area (Å²) < 4.78 is 0. The zero-order valence-electron chi connectivity index (χ0n) is 12.9. The Hall–Kier alpha value is -1.65. The number of halogens is 1. The summed E-state index contributed by atoms with van der Waals surface area (Å²) in [4.78, 5) is 10.9. The number of hydrogen-bond donors (Lipinski definition) is 1. The summed E-state index contributed by atoms with van der Waals surface area (Å²) in [6, 6.07) is 2.27. The van der Waals surface area contributed by atoms with Gasteiger partial charge in [-0.15, -0.1) is 0 Å². The maximum Gasteiger partial charge on any atom is 0.135 e. The topological polar surface area (TPSA) is 41.1 Å². The van der Waals surface area contributed by atoms with Crippen LogP contribution >= 0.6 is 11.6 Å². The number of hydrogen-bond acceptors (Lipinski definition) is 4. The molecule has 0 spiro atoms. The molecule has 112 valence electrons. The molecule has 2 aromatic rings. The lowest BCUT2D eigenvalue weighted by molar-refractivity contribution is 0.326. The first-order chi connectivity index (χ1) is 9.90. The predicted molar refractivity (Wildman–Crippen MR) is 90.9 cm³/mol. The monoisotopic (exact) mass is 304 g/mol. The Morgan fingerprint density at radius 1 is 1.33 bits per heavy atom. The molecule has 0 radical (unpaired) electrons. The lowest BCUT2D eigenvalue weighted by Gasteiger charge is -2.21. The van der Waals surface area contributed by atoms with Gasteiger partial charge in [-0.3, -0.25) is 0 Å². The molecular formula is C16H21ClN4. The summed E-state index contributed by atoms with van der Waals surface area (Å²) in [6.45, 7) is 8.93. The van der Waals surface area contributed by atoms with E-state index in [0.29, 0.717) is 11.2 Å². The van der Waals surface area contributed by atoms with E-state index in [2.05, 4.69) is 47.8 Å². The van der Waals surface area contributed by atoms with Gasteiger partial charge in [0.05, 0.1) is 0 Å². The summed E-state index contributed by atoms with van der Waals surface area (Å²) in [5.74, 6) is 0.827. The van der Waals surface area contributed by atoms with E-state index in [1.165, 1.54) is 0 Å². The van der Waals surface area contributed by atoms with Crippen LogP contribution in [0.25, 0.3) is 16.3 Å². The fourth-order valence-electron chi connectivity index (χ4n) is 2.02. The minimum Gasteiger partial charge on any atom is -0.368 e. The Balaban J connectivity index is 2.42. The molecule has 4 nitrogen and oxygen atoms in total. The molecule has 2 rings (SSSR count). The number of rotatable bonds is 5. The molecule has 1 N–H and O–H groups in total. The molecule has 2 heterocycles. The maximum absolute atomic E-state index is 6.03. The first-order valence-electron chi connectivity index (χ1n) is 6.90. The van der Waals surface area contributed by atoms with E-state index in [4.69, 9.17) is 11.6 Å². The average Bonchev–Trinajstić information content (AvgIpc) is 2.43. The number of aromatic nitrogens is 2. The summed E-state index contributed by atoms with van der Waals surface area (Å²) in [6.07, 6.45) is 3.60. The van der Waals surface area contributed by atoms with E-state index in [1.54, 1.807) is 6.20 Å². The fraction of sp³-hybridized carbons (Fsp3) is 0.375. The number of fused-ring (bicyclic) bond motifs is 1. The lowest BCUT2D eigenvalue weighted by Crippen LogP contribution is -2.31. The quantitative estimate of drug-likeness (QED) is 0.856. The molecule has 0 bridgehead atoms. The number of anilines is 1. The zero-order valence-corrected chi connectivity index (χ0v) is 13.7. The largest absolute Gasteiger partial charge is 0.368 e. The highest BCUT2D eigenvalue weighted by Gasteiger charge is 2.11. The first kappa shape index (κ1) is 15.7. The molecule has 21 heavy (non-hydrogen) atoms. The second-order valence-electron chi connectivity index (χ2n) is 5.55.